The van der Waals surface area contributed by atoms with E-state index in [1.54, 1.807) is 62.8 Å². The number of rotatable bonds is 9. The van der Waals surface area contributed by atoms with Crippen LogP contribution in [0.4, 0.5) is 4.79 Å². The second-order valence-corrected chi connectivity index (χ2v) is 8.27. The first kappa shape index (κ1) is 26.4. The molecule has 2 aromatic rings. The molecule has 0 saturated carbocycles. The van der Waals surface area contributed by atoms with Crippen molar-refractivity contribution in [2.45, 2.75) is 26.4 Å². The van der Waals surface area contributed by atoms with E-state index in [-0.39, 0.29) is 23.0 Å². The van der Waals surface area contributed by atoms with Gasteiger partial charge < -0.3 is 33.5 Å². The van der Waals surface area contributed by atoms with Crippen LogP contribution in [0.15, 0.2) is 29.1 Å². The second-order valence-electron chi connectivity index (χ2n) is 8.27. The minimum absolute atomic E-state index is 0.0862. The predicted molar refractivity (Wildman–Crippen MR) is 131 cm³/mol. The van der Waals surface area contributed by atoms with Gasteiger partial charge in [0.1, 0.15) is 17.2 Å². The first-order chi connectivity index (χ1) is 16.9. The largest absolute Gasteiger partial charge is 0.507 e. The van der Waals surface area contributed by atoms with Crippen LogP contribution in [0.25, 0.3) is 0 Å². The molecule has 1 atom stereocenters. The molecule has 0 radical (unpaired) electrons. The summed E-state index contributed by atoms with van der Waals surface area (Å²) in [5.74, 6) is 1.06. The van der Waals surface area contributed by atoms with Crippen molar-refractivity contribution in [1.82, 2.24) is 14.4 Å². The van der Waals surface area contributed by atoms with Gasteiger partial charge in [-0.05, 0) is 32.0 Å². The van der Waals surface area contributed by atoms with Crippen molar-refractivity contribution >= 4 is 6.09 Å². The highest BCUT2D eigenvalue weighted by atomic mass is 16.6. The molecule has 0 aliphatic carbocycles. The fourth-order valence-corrected chi connectivity index (χ4v) is 4.44. The first-order valence-electron chi connectivity index (χ1n) is 11.7. The fraction of sp³-hybridized carbons (Fsp3) is 0.520. The van der Waals surface area contributed by atoms with Crippen molar-refractivity contribution in [3.8, 4) is 17.2 Å². The smallest absolute Gasteiger partial charge is 0.409 e. The lowest BCUT2D eigenvalue weighted by molar-refractivity contribution is 0.0705. The Morgan fingerprint density at radius 3 is 2.40 bits per heavy atom. The number of hydrogen-bond acceptors (Lipinski definition) is 8. The van der Waals surface area contributed by atoms with Gasteiger partial charge in [0.25, 0.3) is 5.56 Å². The molecule has 1 N–H and O–H groups in total. The summed E-state index contributed by atoms with van der Waals surface area (Å²) >= 11 is 0. The topological polar surface area (TPSA) is 103 Å². The molecule has 3 rings (SSSR count). The van der Waals surface area contributed by atoms with Crippen LogP contribution in [-0.2, 0) is 16.0 Å². The summed E-state index contributed by atoms with van der Waals surface area (Å²) in [7, 11) is 4.70. The summed E-state index contributed by atoms with van der Waals surface area (Å²) in [5.41, 5.74) is 1.31. The van der Waals surface area contributed by atoms with Crippen LogP contribution in [0, 0.1) is 6.92 Å². The molecule has 1 fully saturated rings. The molecule has 0 bridgehead atoms. The average Bonchev–Trinajstić information content (AvgIpc) is 2.86. The maximum atomic E-state index is 13.7. The van der Waals surface area contributed by atoms with E-state index in [9.17, 15) is 14.7 Å². The number of aromatic nitrogens is 1. The van der Waals surface area contributed by atoms with Gasteiger partial charge in [0.15, 0.2) is 0 Å². The number of hydrogen-bond donors (Lipinski definition) is 1. The van der Waals surface area contributed by atoms with E-state index in [4.69, 9.17) is 18.9 Å². The SMILES string of the molecule is CCOC(=O)N1CCN([C@@H](c2ccc(OC)cc2OC)c2c(O)cc(C)n(CCOC)c2=O)CC1. The van der Waals surface area contributed by atoms with Gasteiger partial charge in [-0.1, -0.05) is 0 Å². The number of piperazine rings is 1. The molecule has 0 spiro atoms. The molecule has 1 aliphatic heterocycles. The van der Waals surface area contributed by atoms with Crippen molar-refractivity contribution in [3.05, 3.63) is 51.4 Å². The third-order valence-electron chi connectivity index (χ3n) is 6.26. The van der Waals surface area contributed by atoms with Crippen molar-refractivity contribution in [2.75, 3.05) is 60.7 Å². The Balaban J connectivity index is 2.11. The summed E-state index contributed by atoms with van der Waals surface area (Å²) in [4.78, 5) is 29.7. The Labute approximate surface area is 205 Å². The van der Waals surface area contributed by atoms with E-state index in [0.717, 1.165) is 0 Å². The molecule has 0 unspecified atom stereocenters. The molecule has 1 aromatic heterocycles. The molecule has 10 heteroatoms. The van der Waals surface area contributed by atoms with Gasteiger partial charge in [0, 0.05) is 57.2 Å². The van der Waals surface area contributed by atoms with E-state index in [2.05, 4.69) is 4.90 Å². The Morgan fingerprint density at radius 1 is 1.09 bits per heavy atom. The van der Waals surface area contributed by atoms with Crippen LogP contribution in [-0.4, -0.2) is 86.3 Å². The number of methoxy groups -OCH3 is 3. The van der Waals surface area contributed by atoms with E-state index >= 15 is 0 Å². The van der Waals surface area contributed by atoms with Crippen molar-refractivity contribution < 1.29 is 28.8 Å². The molecule has 1 aliphatic rings. The number of ether oxygens (including phenoxy) is 4. The Hall–Kier alpha value is -3.24. The van der Waals surface area contributed by atoms with Crippen LogP contribution in [0.2, 0.25) is 0 Å². The van der Waals surface area contributed by atoms with Gasteiger partial charge in [0.05, 0.1) is 39.0 Å². The van der Waals surface area contributed by atoms with Gasteiger partial charge in [-0.3, -0.25) is 9.69 Å². The molecule has 1 amide bonds. The van der Waals surface area contributed by atoms with Crippen LogP contribution in [0.1, 0.15) is 29.8 Å². The minimum Gasteiger partial charge on any atom is -0.507 e. The summed E-state index contributed by atoms with van der Waals surface area (Å²) in [5, 5.41) is 11.0. The van der Waals surface area contributed by atoms with E-state index in [0.29, 0.717) is 68.7 Å². The van der Waals surface area contributed by atoms with Crippen LogP contribution < -0.4 is 15.0 Å². The van der Waals surface area contributed by atoms with Crippen LogP contribution >= 0.6 is 0 Å². The zero-order valence-corrected chi connectivity index (χ0v) is 21.1. The molecule has 10 nitrogen and oxygen atoms in total. The number of aromatic hydroxyl groups is 1. The highest BCUT2D eigenvalue weighted by Gasteiger charge is 2.34. The summed E-state index contributed by atoms with van der Waals surface area (Å²) < 4.78 is 23.0. The molecule has 1 saturated heterocycles. The zero-order chi connectivity index (χ0) is 25.5. The van der Waals surface area contributed by atoms with E-state index in [1.165, 1.54) is 0 Å². The molecular weight excluding hydrogens is 454 g/mol. The van der Waals surface area contributed by atoms with Crippen LogP contribution in [0.3, 0.4) is 0 Å². The van der Waals surface area contributed by atoms with Gasteiger partial charge >= 0.3 is 6.09 Å². The second kappa shape index (κ2) is 11.9. The van der Waals surface area contributed by atoms with Gasteiger partial charge in [-0.15, -0.1) is 0 Å². The number of aryl methyl sites for hydroxylation is 1. The normalized spacial score (nSPS) is 15.1. The van der Waals surface area contributed by atoms with Gasteiger partial charge in [-0.2, -0.15) is 0 Å². The lowest BCUT2D eigenvalue weighted by Gasteiger charge is -2.39. The lowest BCUT2D eigenvalue weighted by atomic mass is 9.95. The molecule has 35 heavy (non-hydrogen) atoms. The number of nitrogens with zero attached hydrogens (tertiary/aromatic N) is 3. The Morgan fingerprint density at radius 2 is 1.80 bits per heavy atom. The summed E-state index contributed by atoms with van der Waals surface area (Å²) in [6.45, 7) is 6.39. The Kier molecular flexibility index (Phi) is 9.00. The van der Waals surface area contributed by atoms with Crippen LogP contribution in [0.5, 0.6) is 17.2 Å². The minimum atomic E-state index is -0.609. The van der Waals surface area contributed by atoms with E-state index in [1.807, 2.05) is 6.07 Å². The number of carbonyl (C=O) groups excluding carboxylic acids is 1. The maximum absolute atomic E-state index is 13.7. The van der Waals surface area contributed by atoms with Crippen molar-refractivity contribution in [2.24, 2.45) is 0 Å². The average molecular weight is 490 g/mol. The Bertz CT molecular complexity index is 1080. The summed E-state index contributed by atoms with van der Waals surface area (Å²) in [6.07, 6.45) is -0.356. The first-order valence-corrected chi connectivity index (χ1v) is 11.7. The quantitative estimate of drug-likeness (QED) is 0.573. The van der Waals surface area contributed by atoms with Crippen molar-refractivity contribution in [1.29, 1.82) is 0 Å². The third-order valence-corrected chi connectivity index (χ3v) is 6.26. The summed E-state index contributed by atoms with van der Waals surface area (Å²) in [6, 6.07) is 6.39. The van der Waals surface area contributed by atoms with Gasteiger partial charge in [-0.25, -0.2) is 4.79 Å². The highest BCUT2D eigenvalue weighted by Crippen LogP contribution is 2.39. The number of benzene rings is 1. The molecule has 2 heterocycles. The molecule has 192 valence electrons. The fourth-order valence-electron chi connectivity index (χ4n) is 4.44. The standard InChI is InChI=1S/C25H35N3O7/c1-6-35-25(31)27-11-9-26(10-12-27)23(19-8-7-18(33-4)16-21(19)34-5)22-20(29)15-17(2)28(24(22)30)13-14-32-3/h7-8,15-16,23,29H,6,9-14H2,1-5H3/t23-/m0/s1. The lowest BCUT2D eigenvalue weighted by Crippen LogP contribution is -2.50. The van der Waals surface area contributed by atoms with Gasteiger partial charge in [0.2, 0.25) is 0 Å². The number of amides is 1. The molecular formula is C25H35N3O7. The maximum Gasteiger partial charge on any atom is 0.409 e. The monoisotopic (exact) mass is 489 g/mol. The van der Waals surface area contributed by atoms with E-state index < -0.39 is 6.04 Å². The number of pyridine rings is 1. The molecule has 1 aromatic carbocycles. The predicted octanol–water partition coefficient (Wildman–Crippen LogP) is 2.39. The van der Waals surface area contributed by atoms with Crippen molar-refractivity contribution in [3.63, 3.8) is 0 Å². The zero-order valence-electron chi connectivity index (χ0n) is 21.1. The number of carbonyl (C=O) groups is 1. The third kappa shape index (κ3) is 5.71. The highest BCUT2D eigenvalue weighted by molar-refractivity contribution is 5.67.